The smallest absolute Gasteiger partial charge is 0.319 e. The van der Waals surface area contributed by atoms with E-state index in [1.165, 1.54) is 25.7 Å². The zero-order valence-corrected chi connectivity index (χ0v) is 20.3. The third kappa shape index (κ3) is 11.1. The largest absolute Gasteiger partial charge is 0.338 e. The summed E-state index contributed by atoms with van der Waals surface area (Å²) in [5.41, 5.74) is 2.31. The van der Waals surface area contributed by atoms with Gasteiger partial charge in [-0.3, -0.25) is 0 Å². The normalized spacial score (nSPS) is 12.7. The molecular formula is C25H44N4O2. The fourth-order valence-corrected chi connectivity index (χ4v) is 3.54. The highest BCUT2D eigenvalue weighted by Gasteiger charge is 2.11. The van der Waals surface area contributed by atoms with E-state index in [1.807, 2.05) is 19.1 Å². The average molecular weight is 433 g/mol. The number of aryl methyl sites for hydroxylation is 1. The molecule has 176 valence electrons. The third-order valence-corrected chi connectivity index (χ3v) is 5.93. The molecule has 6 nitrogen and oxygen atoms in total. The summed E-state index contributed by atoms with van der Waals surface area (Å²) in [4.78, 5) is 24.7. The van der Waals surface area contributed by atoms with Gasteiger partial charge in [0.1, 0.15) is 0 Å². The van der Waals surface area contributed by atoms with Crippen LogP contribution in [-0.2, 0) is 0 Å². The predicted molar refractivity (Wildman–Crippen MR) is 132 cm³/mol. The van der Waals surface area contributed by atoms with E-state index in [-0.39, 0.29) is 12.1 Å². The zero-order chi connectivity index (χ0) is 23.1. The predicted octanol–water partition coefficient (Wildman–Crippen LogP) is 6.67. The molecule has 4 amide bonds. The summed E-state index contributed by atoms with van der Waals surface area (Å²) in [7, 11) is 0. The summed E-state index contributed by atoms with van der Waals surface area (Å²) in [5.74, 6) is 1.02. The molecule has 0 aromatic heterocycles. The highest BCUT2D eigenvalue weighted by molar-refractivity contribution is 5.93. The Morgan fingerprint density at radius 1 is 0.806 bits per heavy atom. The molecule has 1 rings (SSSR count). The maximum Gasteiger partial charge on any atom is 0.319 e. The van der Waals surface area contributed by atoms with Crippen LogP contribution in [0.1, 0.15) is 84.6 Å². The van der Waals surface area contributed by atoms with Crippen LogP contribution in [0.15, 0.2) is 18.2 Å². The summed E-state index contributed by atoms with van der Waals surface area (Å²) < 4.78 is 0. The maximum absolute atomic E-state index is 12.4. The quantitative estimate of drug-likeness (QED) is 0.265. The summed E-state index contributed by atoms with van der Waals surface area (Å²) in [5, 5.41) is 11.8. The molecule has 0 fully saturated rings. The first-order chi connectivity index (χ1) is 14.9. The molecule has 0 spiro atoms. The topological polar surface area (TPSA) is 82.3 Å². The lowest BCUT2D eigenvalue weighted by atomic mass is 9.99. The Kier molecular flexibility index (Phi) is 13.4. The van der Waals surface area contributed by atoms with Crippen LogP contribution in [0.3, 0.4) is 0 Å². The van der Waals surface area contributed by atoms with Crippen molar-refractivity contribution in [2.24, 2.45) is 11.8 Å². The molecule has 0 saturated carbocycles. The number of carbonyl (C=O) groups excluding carboxylic acids is 2. The standard InChI is InChI=1S/C25H44N4O2/c1-6-10-12-20(8-3)17-26-24(30)28-22-15-14-19(5)23(16-22)29-25(31)27-18-21(9-4)13-11-7-2/h14-16,20-21H,6-13,17-18H2,1-5H3,(H2,26,28,30)(H2,27,29,31)/t20-,21-/m1/s1. The van der Waals surface area contributed by atoms with E-state index >= 15 is 0 Å². The molecule has 0 aliphatic carbocycles. The molecule has 1 aromatic rings. The van der Waals surface area contributed by atoms with E-state index in [9.17, 15) is 9.59 Å². The number of hydrogen-bond acceptors (Lipinski definition) is 2. The van der Waals surface area contributed by atoms with Crippen LogP contribution in [0.2, 0.25) is 0 Å². The van der Waals surface area contributed by atoms with E-state index in [0.29, 0.717) is 36.3 Å². The first kappa shape index (κ1) is 26.8. The highest BCUT2D eigenvalue weighted by atomic mass is 16.2. The van der Waals surface area contributed by atoms with Gasteiger partial charge in [-0.15, -0.1) is 0 Å². The van der Waals surface area contributed by atoms with Crippen molar-refractivity contribution in [3.8, 4) is 0 Å². The molecule has 6 heteroatoms. The molecule has 0 bridgehead atoms. The van der Waals surface area contributed by atoms with E-state index in [0.717, 1.165) is 31.2 Å². The minimum absolute atomic E-state index is 0.207. The number of unbranched alkanes of at least 4 members (excludes halogenated alkanes) is 2. The third-order valence-electron chi connectivity index (χ3n) is 5.93. The van der Waals surface area contributed by atoms with Gasteiger partial charge >= 0.3 is 12.1 Å². The molecule has 2 atom stereocenters. The van der Waals surface area contributed by atoms with Crippen molar-refractivity contribution in [2.75, 3.05) is 23.7 Å². The summed E-state index contributed by atoms with van der Waals surface area (Å²) in [6.45, 7) is 12.0. The molecule has 31 heavy (non-hydrogen) atoms. The van der Waals surface area contributed by atoms with Crippen LogP contribution < -0.4 is 21.3 Å². The van der Waals surface area contributed by atoms with Gasteiger partial charge in [0.25, 0.3) is 0 Å². The highest BCUT2D eigenvalue weighted by Crippen LogP contribution is 2.20. The van der Waals surface area contributed by atoms with Crippen LogP contribution in [0.5, 0.6) is 0 Å². The SMILES string of the molecule is CCCC[C@@H](CC)CNC(=O)Nc1ccc(C)c(NC(=O)NC[C@H](CC)CCCC)c1. The van der Waals surface area contributed by atoms with Crippen molar-refractivity contribution in [1.82, 2.24) is 10.6 Å². The van der Waals surface area contributed by atoms with Gasteiger partial charge in [0.2, 0.25) is 0 Å². The number of urea groups is 2. The number of anilines is 2. The minimum atomic E-state index is -0.212. The average Bonchev–Trinajstić information content (AvgIpc) is 2.76. The second-order valence-electron chi connectivity index (χ2n) is 8.53. The number of nitrogens with one attached hydrogen (secondary N) is 4. The van der Waals surface area contributed by atoms with Gasteiger partial charge in [-0.25, -0.2) is 9.59 Å². The number of benzene rings is 1. The van der Waals surface area contributed by atoms with E-state index in [4.69, 9.17) is 0 Å². The first-order valence-corrected chi connectivity index (χ1v) is 12.1. The van der Waals surface area contributed by atoms with Gasteiger partial charge < -0.3 is 21.3 Å². The molecule has 0 radical (unpaired) electrons. The molecule has 0 aliphatic rings. The van der Waals surface area contributed by atoms with Crippen molar-refractivity contribution in [3.05, 3.63) is 23.8 Å². The summed E-state index contributed by atoms with van der Waals surface area (Å²) >= 11 is 0. The Morgan fingerprint density at radius 2 is 1.32 bits per heavy atom. The Morgan fingerprint density at radius 3 is 1.81 bits per heavy atom. The molecule has 4 N–H and O–H groups in total. The van der Waals surface area contributed by atoms with Crippen LogP contribution in [0.4, 0.5) is 21.0 Å². The lowest BCUT2D eigenvalue weighted by molar-refractivity contribution is 0.248. The molecule has 1 aromatic carbocycles. The van der Waals surface area contributed by atoms with Gasteiger partial charge in [0.15, 0.2) is 0 Å². The number of hydrogen-bond donors (Lipinski definition) is 4. The van der Waals surface area contributed by atoms with Crippen molar-refractivity contribution in [1.29, 1.82) is 0 Å². The fourth-order valence-electron chi connectivity index (χ4n) is 3.54. The monoisotopic (exact) mass is 432 g/mol. The van der Waals surface area contributed by atoms with Crippen LogP contribution in [0, 0.1) is 18.8 Å². The van der Waals surface area contributed by atoms with Crippen molar-refractivity contribution < 1.29 is 9.59 Å². The second kappa shape index (κ2) is 15.5. The van der Waals surface area contributed by atoms with Gasteiger partial charge in [0, 0.05) is 24.5 Å². The van der Waals surface area contributed by atoms with E-state index < -0.39 is 0 Å². The Balaban J connectivity index is 2.56. The molecule has 0 aliphatic heterocycles. The molecular weight excluding hydrogens is 388 g/mol. The van der Waals surface area contributed by atoms with Gasteiger partial charge in [-0.05, 0) is 49.3 Å². The van der Waals surface area contributed by atoms with E-state index in [1.54, 1.807) is 6.07 Å². The lowest BCUT2D eigenvalue weighted by Gasteiger charge is -2.17. The first-order valence-electron chi connectivity index (χ1n) is 12.1. The lowest BCUT2D eigenvalue weighted by Crippen LogP contribution is -2.33. The summed E-state index contributed by atoms with van der Waals surface area (Å²) in [6, 6.07) is 5.14. The van der Waals surface area contributed by atoms with Crippen molar-refractivity contribution in [3.63, 3.8) is 0 Å². The molecule has 0 heterocycles. The van der Waals surface area contributed by atoms with E-state index in [2.05, 4.69) is 49.0 Å². The Labute approximate surface area is 189 Å². The van der Waals surface area contributed by atoms with Gasteiger partial charge in [-0.1, -0.05) is 72.3 Å². The maximum atomic E-state index is 12.4. The summed E-state index contributed by atoms with van der Waals surface area (Å²) in [6.07, 6.45) is 9.12. The minimum Gasteiger partial charge on any atom is -0.338 e. The van der Waals surface area contributed by atoms with Crippen molar-refractivity contribution >= 4 is 23.4 Å². The zero-order valence-electron chi connectivity index (χ0n) is 20.3. The fraction of sp³-hybridized carbons (Fsp3) is 0.680. The molecule has 0 unspecified atom stereocenters. The van der Waals surface area contributed by atoms with Crippen LogP contribution >= 0.6 is 0 Å². The van der Waals surface area contributed by atoms with Gasteiger partial charge in [0.05, 0.1) is 0 Å². The van der Waals surface area contributed by atoms with Crippen molar-refractivity contribution in [2.45, 2.75) is 86.0 Å². The van der Waals surface area contributed by atoms with Crippen LogP contribution in [0.25, 0.3) is 0 Å². The number of carbonyl (C=O) groups is 2. The Bertz CT molecular complexity index is 663. The van der Waals surface area contributed by atoms with Gasteiger partial charge in [-0.2, -0.15) is 0 Å². The number of rotatable bonds is 14. The van der Waals surface area contributed by atoms with Crippen LogP contribution in [-0.4, -0.2) is 25.2 Å². The number of amides is 4. The Hall–Kier alpha value is -2.24. The molecule has 0 saturated heterocycles. The second-order valence-corrected chi connectivity index (χ2v) is 8.53.